The molecule has 2 nitrogen and oxygen atoms in total. The smallest absolute Gasteiger partial charge is 0.106 e. The number of aliphatic hydroxyl groups excluding tert-OH is 1. The molecule has 2 aliphatic rings. The highest BCUT2D eigenvalue weighted by atomic mass is 16.5. The summed E-state index contributed by atoms with van der Waals surface area (Å²) in [6, 6.07) is 0. The molecule has 0 aromatic rings. The highest BCUT2D eigenvalue weighted by molar-refractivity contribution is 5.36. The van der Waals surface area contributed by atoms with E-state index in [4.69, 9.17) is 4.74 Å². The first kappa shape index (κ1) is 10.9. The number of rotatable bonds is 0. The van der Waals surface area contributed by atoms with Crippen LogP contribution in [0.5, 0.6) is 0 Å². The summed E-state index contributed by atoms with van der Waals surface area (Å²) in [4.78, 5) is 0. The van der Waals surface area contributed by atoms with Crippen LogP contribution in [0.25, 0.3) is 0 Å². The van der Waals surface area contributed by atoms with Crippen LogP contribution in [0, 0.1) is 5.41 Å². The van der Waals surface area contributed by atoms with Crippen LogP contribution >= 0.6 is 0 Å². The summed E-state index contributed by atoms with van der Waals surface area (Å²) >= 11 is 0. The molecule has 0 radical (unpaired) electrons. The molecule has 0 aromatic carbocycles. The number of ether oxygens (including phenoxy) is 1. The maximum Gasteiger partial charge on any atom is 0.106 e. The van der Waals surface area contributed by atoms with Gasteiger partial charge < -0.3 is 9.84 Å². The van der Waals surface area contributed by atoms with Crippen molar-refractivity contribution in [3.63, 3.8) is 0 Å². The zero-order chi connectivity index (χ0) is 11.3. The second kappa shape index (κ2) is 3.19. The maximum absolute atomic E-state index is 9.84. The summed E-state index contributed by atoms with van der Waals surface area (Å²) in [5.41, 5.74) is 0.980. The molecule has 2 rings (SSSR count). The molecule has 0 saturated carbocycles. The van der Waals surface area contributed by atoms with Gasteiger partial charge in [-0.15, -0.1) is 0 Å². The van der Waals surface area contributed by atoms with Gasteiger partial charge in [-0.05, 0) is 31.3 Å². The Kier molecular flexibility index (Phi) is 2.32. The number of aliphatic hydroxyl groups is 1. The van der Waals surface area contributed by atoms with E-state index in [-0.39, 0.29) is 17.1 Å². The standard InChI is InChI=1S/C13H20O2/c1-9-10(14)8-11-12(2,3)6-5-7-13(11,4)15-9/h5,7-10,14H,6H2,1-4H3/t9-,10+,13+/m0/s1. The largest absolute Gasteiger partial charge is 0.386 e. The maximum atomic E-state index is 9.84. The van der Waals surface area contributed by atoms with Crippen molar-refractivity contribution < 1.29 is 9.84 Å². The van der Waals surface area contributed by atoms with E-state index in [1.54, 1.807) is 0 Å². The Labute approximate surface area is 91.6 Å². The second-order valence-corrected chi connectivity index (χ2v) is 5.49. The lowest BCUT2D eigenvalue weighted by Gasteiger charge is -2.47. The van der Waals surface area contributed by atoms with Crippen LogP contribution < -0.4 is 0 Å². The van der Waals surface area contributed by atoms with Crippen molar-refractivity contribution in [1.29, 1.82) is 0 Å². The number of hydrogen-bond acceptors (Lipinski definition) is 2. The quantitative estimate of drug-likeness (QED) is 0.620. The van der Waals surface area contributed by atoms with Crippen molar-refractivity contribution in [2.24, 2.45) is 5.41 Å². The Morgan fingerprint density at radius 1 is 1.40 bits per heavy atom. The van der Waals surface area contributed by atoms with E-state index in [1.165, 1.54) is 5.57 Å². The minimum absolute atomic E-state index is 0.0879. The van der Waals surface area contributed by atoms with Gasteiger partial charge in [0.2, 0.25) is 0 Å². The fourth-order valence-corrected chi connectivity index (χ4v) is 2.71. The first-order valence-corrected chi connectivity index (χ1v) is 5.61. The molecule has 84 valence electrons. The molecule has 3 atom stereocenters. The van der Waals surface area contributed by atoms with Crippen molar-refractivity contribution in [3.8, 4) is 0 Å². The van der Waals surface area contributed by atoms with Gasteiger partial charge >= 0.3 is 0 Å². The molecular weight excluding hydrogens is 188 g/mol. The van der Waals surface area contributed by atoms with Crippen molar-refractivity contribution in [2.75, 3.05) is 0 Å². The third-order valence-electron chi connectivity index (χ3n) is 3.58. The zero-order valence-electron chi connectivity index (χ0n) is 9.95. The topological polar surface area (TPSA) is 29.5 Å². The third kappa shape index (κ3) is 1.66. The molecule has 1 aliphatic carbocycles. The number of fused-ring (bicyclic) bond motifs is 1. The average Bonchev–Trinajstić information content (AvgIpc) is 2.09. The number of allylic oxidation sites excluding steroid dienone is 1. The molecule has 2 heteroatoms. The molecule has 0 saturated heterocycles. The fourth-order valence-electron chi connectivity index (χ4n) is 2.71. The lowest BCUT2D eigenvalue weighted by atomic mass is 9.68. The van der Waals surface area contributed by atoms with E-state index >= 15 is 0 Å². The number of hydrogen-bond donors (Lipinski definition) is 1. The molecule has 0 fully saturated rings. The van der Waals surface area contributed by atoms with Gasteiger partial charge in [-0.1, -0.05) is 32.1 Å². The zero-order valence-corrected chi connectivity index (χ0v) is 9.95. The summed E-state index contributed by atoms with van der Waals surface area (Å²) in [6.07, 6.45) is 6.70. The van der Waals surface area contributed by atoms with Crippen LogP contribution in [0.2, 0.25) is 0 Å². The summed E-state index contributed by atoms with van der Waals surface area (Å²) < 4.78 is 5.92. The Morgan fingerprint density at radius 3 is 2.73 bits per heavy atom. The van der Waals surface area contributed by atoms with Crippen molar-refractivity contribution >= 4 is 0 Å². The summed E-state index contributed by atoms with van der Waals surface area (Å²) in [7, 11) is 0. The molecule has 0 amide bonds. The monoisotopic (exact) mass is 208 g/mol. The van der Waals surface area contributed by atoms with Gasteiger partial charge in [-0.2, -0.15) is 0 Å². The average molecular weight is 208 g/mol. The Hall–Kier alpha value is -0.600. The SMILES string of the molecule is C[C@@H]1O[C@]2(C)C=CCC(C)(C)C2=C[C@H]1O. The predicted octanol–water partition coefficient (Wildman–Crippen LogP) is 2.44. The van der Waals surface area contributed by atoms with E-state index in [1.807, 2.05) is 13.0 Å². The van der Waals surface area contributed by atoms with Crippen LogP contribution in [0.4, 0.5) is 0 Å². The molecule has 0 aromatic heterocycles. The van der Waals surface area contributed by atoms with Crippen molar-refractivity contribution in [3.05, 3.63) is 23.8 Å². The van der Waals surface area contributed by atoms with Crippen LogP contribution in [0.1, 0.15) is 34.1 Å². The van der Waals surface area contributed by atoms with E-state index in [0.717, 1.165) is 6.42 Å². The summed E-state index contributed by atoms with van der Waals surface area (Å²) in [6.45, 7) is 8.40. The van der Waals surface area contributed by atoms with Gasteiger partial charge in [-0.25, -0.2) is 0 Å². The molecule has 1 N–H and O–H groups in total. The molecule has 0 bridgehead atoms. The van der Waals surface area contributed by atoms with Crippen LogP contribution in [0.3, 0.4) is 0 Å². The molecule has 0 spiro atoms. The minimum atomic E-state index is -0.473. The van der Waals surface area contributed by atoms with Gasteiger partial charge in [0.15, 0.2) is 0 Å². The van der Waals surface area contributed by atoms with Crippen LogP contribution in [-0.2, 0) is 4.74 Å². The van der Waals surface area contributed by atoms with E-state index in [9.17, 15) is 5.11 Å². The Morgan fingerprint density at radius 2 is 2.07 bits per heavy atom. The van der Waals surface area contributed by atoms with Gasteiger partial charge in [0.25, 0.3) is 0 Å². The minimum Gasteiger partial charge on any atom is -0.386 e. The highest BCUT2D eigenvalue weighted by Gasteiger charge is 2.44. The first-order valence-electron chi connectivity index (χ1n) is 5.61. The van der Waals surface area contributed by atoms with Gasteiger partial charge in [0.1, 0.15) is 5.60 Å². The van der Waals surface area contributed by atoms with Crippen molar-refractivity contribution in [1.82, 2.24) is 0 Å². The van der Waals surface area contributed by atoms with Gasteiger partial charge in [0.05, 0.1) is 12.2 Å². The normalized spacial score (nSPS) is 43.4. The molecular formula is C13H20O2. The second-order valence-electron chi connectivity index (χ2n) is 5.49. The van der Waals surface area contributed by atoms with Crippen molar-refractivity contribution in [2.45, 2.75) is 51.9 Å². The lowest BCUT2D eigenvalue weighted by molar-refractivity contribution is -0.0906. The van der Waals surface area contributed by atoms with Gasteiger partial charge in [-0.3, -0.25) is 0 Å². The Balaban J connectivity index is 2.48. The highest BCUT2D eigenvalue weighted by Crippen LogP contribution is 2.46. The molecule has 1 heterocycles. The van der Waals surface area contributed by atoms with Crippen LogP contribution in [-0.4, -0.2) is 22.9 Å². The molecule has 1 aliphatic heterocycles. The first-order chi connectivity index (χ1) is 6.85. The molecule has 15 heavy (non-hydrogen) atoms. The Bertz CT molecular complexity index is 327. The summed E-state index contributed by atoms with van der Waals surface area (Å²) in [5.74, 6) is 0. The van der Waals surface area contributed by atoms with E-state index in [0.29, 0.717) is 0 Å². The predicted molar refractivity (Wildman–Crippen MR) is 60.6 cm³/mol. The van der Waals surface area contributed by atoms with E-state index in [2.05, 4.69) is 32.9 Å². The third-order valence-corrected chi connectivity index (χ3v) is 3.58. The van der Waals surface area contributed by atoms with Gasteiger partial charge in [0, 0.05) is 0 Å². The van der Waals surface area contributed by atoms with E-state index < -0.39 is 6.10 Å². The summed E-state index contributed by atoms with van der Waals surface area (Å²) in [5, 5.41) is 9.84. The lowest BCUT2D eigenvalue weighted by Crippen LogP contribution is -2.48. The van der Waals surface area contributed by atoms with Crippen LogP contribution in [0.15, 0.2) is 23.8 Å². The fraction of sp³-hybridized carbons (Fsp3) is 0.692. The molecule has 0 unspecified atom stereocenters.